The molecule has 0 bridgehead atoms. The molecule has 0 amide bonds. The number of nitrogens with zero attached hydrogens (tertiary/aromatic N) is 3. The van der Waals surface area contributed by atoms with Crippen molar-refractivity contribution < 1.29 is 34.8 Å². The van der Waals surface area contributed by atoms with Gasteiger partial charge >= 0.3 is 12.4 Å². The van der Waals surface area contributed by atoms with Gasteiger partial charge < -0.3 is 5.32 Å². The molecular weight excluding hydrogens is 524 g/mol. The van der Waals surface area contributed by atoms with E-state index in [4.69, 9.17) is 0 Å². The van der Waals surface area contributed by atoms with E-state index in [1.807, 2.05) is 0 Å². The van der Waals surface area contributed by atoms with Crippen molar-refractivity contribution in [1.29, 1.82) is 0 Å². The minimum atomic E-state index is -4.66. The highest BCUT2D eigenvalue weighted by atomic mass is 32.2. The molecule has 194 valence electrons. The first-order valence-electron chi connectivity index (χ1n) is 10.4. The Morgan fingerprint density at radius 3 is 2.22 bits per heavy atom. The number of pyridine rings is 1. The van der Waals surface area contributed by atoms with Gasteiger partial charge in [-0.3, -0.25) is 4.98 Å². The molecule has 14 heteroatoms. The van der Waals surface area contributed by atoms with Crippen LogP contribution < -0.4 is 10.0 Å². The number of hydrogen-bond donors (Lipinski definition) is 2. The lowest BCUT2D eigenvalue weighted by Gasteiger charge is -2.14. The monoisotopic (exact) mass is 541 g/mol. The minimum Gasteiger partial charge on any atom is -0.340 e. The third-order valence-electron chi connectivity index (χ3n) is 5.10. The van der Waals surface area contributed by atoms with E-state index in [1.165, 1.54) is 36.5 Å². The summed E-state index contributed by atoms with van der Waals surface area (Å²) in [6.07, 6.45) is -7.05. The van der Waals surface area contributed by atoms with Crippen LogP contribution >= 0.6 is 0 Å². The summed E-state index contributed by atoms with van der Waals surface area (Å²) in [6, 6.07) is 10.3. The van der Waals surface area contributed by atoms with Crippen molar-refractivity contribution in [2.24, 2.45) is 0 Å². The standard InChI is InChI=1S/C23H17F6N5O2S/c1-37(35,36)31-12-19-33-18-11-13(20-17(23(27,28)29)3-2-10-30-20)4-9-16(18)21(34-19)32-15-7-5-14(6-8-15)22(24,25)26/h2-11,31H,12H2,1H3,(H,32,33,34). The first kappa shape index (κ1) is 26.3. The van der Waals surface area contributed by atoms with Gasteiger partial charge in [0, 0.05) is 22.8 Å². The lowest BCUT2D eigenvalue weighted by atomic mass is 10.0. The Morgan fingerprint density at radius 1 is 0.892 bits per heavy atom. The second-order valence-corrected chi connectivity index (χ2v) is 9.74. The average molecular weight is 541 g/mol. The Kier molecular flexibility index (Phi) is 6.81. The molecule has 0 saturated heterocycles. The molecule has 2 aromatic carbocycles. The fourth-order valence-corrected chi connectivity index (χ4v) is 3.83. The summed E-state index contributed by atoms with van der Waals surface area (Å²) in [5.74, 6) is 0.0835. The molecule has 0 atom stereocenters. The van der Waals surface area contributed by atoms with Gasteiger partial charge in [-0.25, -0.2) is 23.1 Å². The highest BCUT2D eigenvalue weighted by Gasteiger charge is 2.34. The Hall–Kier alpha value is -3.78. The average Bonchev–Trinajstić information content (AvgIpc) is 2.81. The van der Waals surface area contributed by atoms with Crippen molar-refractivity contribution in [1.82, 2.24) is 19.7 Å². The van der Waals surface area contributed by atoms with Crippen molar-refractivity contribution in [3.8, 4) is 11.3 Å². The Balaban J connectivity index is 1.81. The van der Waals surface area contributed by atoms with Crippen LogP contribution in [-0.2, 0) is 28.9 Å². The number of benzene rings is 2. The number of rotatable bonds is 6. The summed E-state index contributed by atoms with van der Waals surface area (Å²) in [5.41, 5.74) is -1.64. The van der Waals surface area contributed by atoms with Crippen LogP contribution in [0.3, 0.4) is 0 Å². The van der Waals surface area contributed by atoms with Gasteiger partial charge in [-0.1, -0.05) is 6.07 Å². The van der Waals surface area contributed by atoms with Gasteiger partial charge in [0.25, 0.3) is 0 Å². The molecule has 0 aliphatic carbocycles. The molecule has 4 aromatic rings. The van der Waals surface area contributed by atoms with Gasteiger partial charge in [0.05, 0.1) is 35.1 Å². The fraction of sp³-hybridized carbons (Fsp3) is 0.174. The van der Waals surface area contributed by atoms with Crippen molar-refractivity contribution in [2.75, 3.05) is 11.6 Å². The lowest BCUT2D eigenvalue weighted by molar-refractivity contribution is -0.138. The summed E-state index contributed by atoms with van der Waals surface area (Å²) in [5, 5.41) is 3.20. The SMILES string of the molecule is CS(=O)(=O)NCc1nc(Nc2ccc(C(F)(F)F)cc2)c2ccc(-c3ncccc3C(F)(F)F)cc2n1. The number of aromatic nitrogens is 3. The third-order valence-corrected chi connectivity index (χ3v) is 5.77. The van der Waals surface area contributed by atoms with Crippen molar-refractivity contribution in [2.45, 2.75) is 18.9 Å². The van der Waals surface area contributed by atoms with Crippen LogP contribution in [0.4, 0.5) is 37.8 Å². The molecule has 4 rings (SSSR count). The predicted molar refractivity (Wildman–Crippen MR) is 124 cm³/mol. The molecule has 0 aliphatic heterocycles. The smallest absolute Gasteiger partial charge is 0.340 e. The number of fused-ring (bicyclic) bond motifs is 1. The Morgan fingerprint density at radius 2 is 1.59 bits per heavy atom. The van der Waals surface area contributed by atoms with Crippen LogP contribution in [0.1, 0.15) is 17.0 Å². The first-order chi connectivity index (χ1) is 17.2. The summed E-state index contributed by atoms with van der Waals surface area (Å²) in [7, 11) is -3.63. The third kappa shape index (κ3) is 6.32. The van der Waals surface area contributed by atoms with E-state index in [9.17, 15) is 34.8 Å². The van der Waals surface area contributed by atoms with E-state index in [-0.39, 0.29) is 40.6 Å². The van der Waals surface area contributed by atoms with Crippen LogP contribution in [0.2, 0.25) is 0 Å². The molecule has 0 radical (unpaired) electrons. The summed E-state index contributed by atoms with van der Waals surface area (Å²) in [4.78, 5) is 12.4. The quantitative estimate of drug-likeness (QED) is 0.312. The zero-order valence-electron chi connectivity index (χ0n) is 18.8. The molecule has 2 N–H and O–H groups in total. The van der Waals surface area contributed by atoms with Crippen LogP contribution in [-0.4, -0.2) is 29.6 Å². The number of sulfonamides is 1. The number of halogens is 6. The summed E-state index contributed by atoms with van der Waals surface area (Å²) >= 11 is 0. The van der Waals surface area contributed by atoms with Crippen LogP contribution in [0.15, 0.2) is 60.8 Å². The van der Waals surface area contributed by atoms with E-state index in [1.54, 1.807) is 0 Å². The highest BCUT2D eigenvalue weighted by Crippen LogP contribution is 2.37. The number of nitrogens with one attached hydrogen (secondary N) is 2. The zero-order chi connectivity index (χ0) is 27.0. The van der Waals surface area contributed by atoms with E-state index < -0.39 is 33.5 Å². The minimum absolute atomic E-state index is 0.0263. The van der Waals surface area contributed by atoms with Crippen LogP contribution in [0, 0.1) is 0 Å². The normalized spacial score (nSPS) is 12.6. The predicted octanol–water partition coefficient (Wildman–Crippen LogP) is 5.52. The Labute approximate surface area is 206 Å². The molecule has 0 saturated carbocycles. The van der Waals surface area contributed by atoms with Crippen molar-refractivity contribution in [3.05, 3.63) is 77.7 Å². The summed E-state index contributed by atoms with van der Waals surface area (Å²) in [6.45, 7) is -0.335. The molecule has 2 heterocycles. The van der Waals surface area contributed by atoms with Gasteiger partial charge in [0.15, 0.2) is 0 Å². The van der Waals surface area contributed by atoms with Gasteiger partial charge in [0.1, 0.15) is 11.6 Å². The molecule has 2 aromatic heterocycles. The number of anilines is 2. The van der Waals surface area contributed by atoms with Gasteiger partial charge in [-0.15, -0.1) is 0 Å². The molecular formula is C23H17F6N5O2S. The van der Waals surface area contributed by atoms with Gasteiger partial charge in [0.2, 0.25) is 10.0 Å². The molecule has 37 heavy (non-hydrogen) atoms. The topological polar surface area (TPSA) is 96.9 Å². The van der Waals surface area contributed by atoms with Crippen molar-refractivity contribution in [3.63, 3.8) is 0 Å². The number of alkyl halides is 6. The molecule has 7 nitrogen and oxygen atoms in total. The first-order valence-corrected chi connectivity index (χ1v) is 12.3. The second-order valence-electron chi connectivity index (χ2n) is 7.91. The fourth-order valence-electron chi connectivity index (χ4n) is 3.44. The maximum atomic E-state index is 13.5. The number of hydrogen-bond acceptors (Lipinski definition) is 6. The lowest BCUT2D eigenvalue weighted by Crippen LogP contribution is -2.22. The molecule has 0 unspecified atom stereocenters. The van der Waals surface area contributed by atoms with E-state index in [0.29, 0.717) is 5.39 Å². The van der Waals surface area contributed by atoms with Crippen molar-refractivity contribution >= 4 is 32.4 Å². The maximum absolute atomic E-state index is 13.5. The second kappa shape index (κ2) is 9.59. The van der Waals surface area contributed by atoms with Crippen LogP contribution in [0.25, 0.3) is 22.2 Å². The zero-order valence-corrected chi connectivity index (χ0v) is 19.6. The molecule has 0 spiro atoms. The van der Waals surface area contributed by atoms with Gasteiger partial charge in [-0.2, -0.15) is 26.3 Å². The molecule has 0 aliphatic rings. The van der Waals surface area contributed by atoms with Crippen LogP contribution in [0.5, 0.6) is 0 Å². The molecule has 0 fully saturated rings. The van der Waals surface area contributed by atoms with Gasteiger partial charge in [-0.05, 0) is 48.5 Å². The maximum Gasteiger partial charge on any atom is 0.418 e. The Bertz CT molecular complexity index is 1560. The largest absolute Gasteiger partial charge is 0.418 e. The van der Waals surface area contributed by atoms with E-state index >= 15 is 0 Å². The van der Waals surface area contributed by atoms with E-state index in [2.05, 4.69) is 25.0 Å². The summed E-state index contributed by atoms with van der Waals surface area (Å²) < 4.78 is 105. The highest BCUT2D eigenvalue weighted by molar-refractivity contribution is 7.88. The van der Waals surface area contributed by atoms with E-state index in [0.717, 1.165) is 30.5 Å².